The smallest absolute Gasteiger partial charge is 0.127 e. The zero-order valence-corrected chi connectivity index (χ0v) is 16.6. The van der Waals surface area contributed by atoms with Gasteiger partial charge in [0.2, 0.25) is 0 Å². The average Bonchev–Trinajstić information content (AvgIpc) is 2.71. The third kappa shape index (κ3) is 4.18. The van der Waals surface area contributed by atoms with Crippen molar-refractivity contribution in [1.82, 2.24) is 0 Å². The van der Waals surface area contributed by atoms with E-state index in [1.54, 1.807) is 27.0 Å². The van der Waals surface area contributed by atoms with Gasteiger partial charge in [0.05, 0.1) is 11.3 Å². The molecule has 0 radical (unpaired) electrons. The van der Waals surface area contributed by atoms with Gasteiger partial charge in [-0.3, -0.25) is 0 Å². The van der Waals surface area contributed by atoms with Crippen molar-refractivity contribution in [3.8, 4) is 0 Å². The molecular formula is C21H24FNO3S. The van der Waals surface area contributed by atoms with Crippen LogP contribution in [0.4, 0.5) is 4.39 Å². The number of hydrogen-bond donors (Lipinski definition) is 1. The minimum atomic E-state index is -0.502. The summed E-state index contributed by atoms with van der Waals surface area (Å²) in [6.07, 6.45) is 1.43. The van der Waals surface area contributed by atoms with Crippen molar-refractivity contribution in [2.75, 3.05) is 20.3 Å². The first kappa shape index (κ1) is 19.9. The molecule has 1 fully saturated rings. The van der Waals surface area contributed by atoms with Crippen molar-refractivity contribution >= 4 is 17.5 Å². The fourth-order valence-corrected chi connectivity index (χ4v) is 4.31. The third-order valence-corrected chi connectivity index (χ3v) is 6.14. The fraction of sp³-hybridized carbons (Fsp3) is 0.381. The second kappa shape index (κ2) is 8.42. The van der Waals surface area contributed by atoms with E-state index in [0.717, 1.165) is 20.9 Å². The van der Waals surface area contributed by atoms with E-state index in [0.29, 0.717) is 37.3 Å². The topological polar surface area (TPSA) is 51.0 Å². The second-order valence-corrected chi connectivity index (χ2v) is 7.85. The molecule has 0 atom stereocenters. The van der Waals surface area contributed by atoms with Crippen LogP contribution in [0.2, 0.25) is 0 Å². The summed E-state index contributed by atoms with van der Waals surface area (Å²) >= 11 is 1.50. The van der Waals surface area contributed by atoms with Gasteiger partial charge in [-0.15, -0.1) is 0 Å². The summed E-state index contributed by atoms with van der Waals surface area (Å²) in [6.45, 7) is 4.77. The summed E-state index contributed by atoms with van der Waals surface area (Å²) < 4.78 is 26.0. The summed E-state index contributed by atoms with van der Waals surface area (Å²) in [6, 6.07) is 11.3. The number of nitrogens with zero attached hydrogens (tertiary/aromatic N) is 1. The van der Waals surface area contributed by atoms with Gasteiger partial charge in [0, 0.05) is 43.0 Å². The van der Waals surface area contributed by atoms with Gasteiger partial charge >= 0.3 is 0 Å². The van der Waals surface area contributed by atoms with Gasteiger partial charge in [-0.25, -0.2) is 4.39 Å². The first-order valence-corrected chi connectivity index (χ1v) is 9.71. The van der Waals surface area contributed by atoms with Crippen LogP contribution in [0.3, 0.4) is 0 Å². The monoisotopic (exact) mass is 389 g/mol. The van der Waals surface area contributed by atoms with E-state index in [9.17, 15) is 4.39 Å². The Labute approximate surface area is 163 Å². The molecule has 0 saturated carbocycles. The quantitative estimate of drug-likeness (QED) is 0.437. The molecule has 27 heavy (non-hydrogen) atoms. The number of benzene rings is 2. The van der Waals surface area contributed by atoms with Crippen LogP contribution in [0.1, 0.15) is 36.5 Å². The van der Waals surface area contributed by atoms with Crippen molar-refractivity contribution in [3.05, 3.63) is 58.9 Å². The van der Waals surface area contributed by atoms with Crippen LogP contribution in [-0.2, 0) is 15.1 Å². The third-order valence-electron chi connectivity index (χ3n) is 5.16. The normalized spacial score (nSPS) is 17.1. The molecule has 0 amide bonds. The van der Waals surface area contributed by atoms with E-state index >= 15 is 0 Å². The average molecular weight is 389 g/mol. The number of rotatable bonds is 5. The fourth-order valence-electron chi connectivity index (χ4n) is 3.43. The zero-order chi connectivity index (χ0) is 19.4. The summed E-state index contributed by atoms with van der Waals surface area (Å²) in [5, 5.41) is 12.1. The molecule has 2 aromatic carbocycles. The molecule has 0 unspecified atom stereocenters. The van der Waals surface area contributed by atoms with E-state index in [-0.39, 0.29) is 5.82 Å². The summed E-state index contributed by atoms with van der Waals surface area (Å²) in [5.41, 5.74) is 2.43. The Morgan fingerprint density at radius 2 is 1.85 bits per heavy atom. The number of oxime groups is 1. The van der Waals surface area contributed by atoms with Crippen molar-refractivity contribution in [2.24, 2.45) is 5.16 Å². The largest absolute Gasteiger partial charge is 0.411 e. The molecule has 0 spiro atoms. The zero-order valence-electron chi connectivity index (χ0n) is 15.8. The van der Waals surface area contributed by atoms with Crippen molar-refractivity contribution in [1.29, 1.82) is 0 Å². The Morgan fingerprint density at radius 1 is 1.19 bits per heavy atom. The van der Waals surface area contributed by atoms with Crippen molar-refractivity contribution in [2.45, 2.75) is 42.1 Å². The summed E-state index contributed by atoms with van der Waals surface area (Å²) in [7, 11) is 1.69. The standard InChI is InChI=1S/C21H24FNO3S/c1-14-19(21(25-3)8-10-26-11-9-21)12-18(13-20(14)22)27-17-6-4-16(5-7-17)15(2)23-24/h4-7,12-13,24H,8-11H2,1-3H3/b23-15+. The molecule has 2 aromatic rings. The molecule has 6 heteroatoms. The van der Waals surface area contributed by atoms with Crippen LogP contribution in [0.25, 0.3) is 0 Å². The van der Waals surface area contributed by atoms with Gasteiger partial charge in [-0.2, -0.15) is 0 Å². The van der Waals surface area contributed by atoms with Crippen LogP contribution in [-0.4, -0.2) is 31.2 Å². The summed E-state index contributed by atoms with van der Waals surface area (Å²) in [4.78, 5) is 1.81. The van der Waals surface area contributed by atoms with Crippen LogP contribution >= 0.6 is 11.8 Å². The molecule has 4 nitrogen and oxygen atoms in total. The van der Waals surface area contributed by atoms with Crippen LogP contribution in [0, 0.1) is 12.7 Å². The van der Waals surface area contributed by atoms with Gasteiger partial charge in [-0.1, -0.05) is 29.1 Å². The van der Waals surface area contributed by atoms with Gasteiger partial charge in [0.1, 0.15) is 5.82 Å². The molecule has 0 aromatic heterocycles. The van der Waals surface area contributed by atoms with Crippen molar-refractivity contribution < 1.29 is 19.1 Å². The molecule has 1 saturated heterocycles. The molecular weight excluding hydrogens is 365 g/mol. The molecule has 144 valence electrons. The molecule has 1 heterocycles. The lowest BCUT2D eigenvalue weighted by molar-refractivity contribution is -0.0953. The Morgan fingerprint density at radius 3 is 2.44 bits per heavy atom. The maximum Gasteiger partial charge on any atom is 0.127 e. The number of ether oxygens (including phenoxy) is 2. The Kier molecular flexibility index (Phi) is 6.19. The number of halogens is 1. The molecule has 3 rings (SSSR count). The maximum absolute atomic E-state index is 14.7. The predicted octanol–water partition coefficient (Wildman–Crippen LogP) is 5.14. The lowest BCUT2D eigenvalue weighted by atomic mass is 9.83. The Hall–Kier alpha value is -1.89. The minimum absolute atomic E-state index is 0.224. The van der Waals surface area contributed by atoms with Crippen molar-refractivity contribution in [3.63, 3.8) is 0 Å². The van der Waals surface area contributed by atoms with E-state index < -0.39 is 5.60 Å². The molecule has 0 bridgehead atoms. The van der Waals surface area contributed by atoms with E-state index in [1.165, 1.54) is 11.8 Å². The highest BCUT2D eigenvalue weighted by Crippen LogP contribution is 2.40. The molecule has 1 N–H and O–H groups in total. The van der Waals surface area contributed by atoms with Gasteiger partial charge < -0.3 is 14.7 Å². The van der Waals surface area contributed by atoms with Gasteiger partial charge in [0.25, 0.3) is 0 Å². The van der Waals surface area contributed by atoms with E-state index in [2.05, 4.69) is 5.16 Å². The highest BCUT2D eigenvalue weighted by atomic mass is 32.2. The minimum Gasteiger partial charge on any atom is -0.411 e. The predicted molar refractivity (Wildman–Crippen MR) is 104 cm³/mol. The van der Waals surface area contributed by atoms with Crippen LogP contribution < -0.4 is 0 Å². The first-order chi connectivity index (χ1) is 13.0. The van der Waals surface area contributed by atoms with Crippen LogP contribution in [0.5, 0.6) is 0 Å². The lowest BCUT2D eigenvalue weighted by Crippen LogP contribution is -2.36. The Balaban J connectivity index is 1.92. The molecule has 1 aliphatic heterocycles. The van der Waals surface area contributed by atoms with Crippen LogP contribution in [0.15, 0.2) is 51.3 Å². The number of methoxy groups -OCH3 is 1. The Bertz CT molecular complexity index is 830. The highest BCUT2D eigenvalue weighted by Gasteiger charge is 2.36. The summed E-state index contributed by atoms with van der Waals surface area (Å²) in [5.74, 6) is -0.224. The molecule has 0 aliphatic carbocycles. The van der Waals surface area contributed by atoms with Gasteiger partial charge in [0.15, 0.2) is 0 Å². The van der Waals surface area contributed by atoms with E-state index in [1.807, 2.05) is 30.3 Å². The molecule has 1 aliphatic rings. The maximum atomic E-state index is 14.7. The van der Waals surface area contributed by atoms with E-state index in [4.69, 9.17) is 14.7 Å². The first-order valence-electron chi connectivity index (χ1n) is 8.89. The second-order valence-electron chi connectivity index (χ2n) is 6.70. The SMILES string of the molecule is COC1(c2cc(Sc3ccc(/C(C)=N/O)cc3)cc(F)c2C)CCOCC1. The number of hydrogen-bond acceptors (Lipinski definition) is 5. The lowest BCUT2D eigenvalue weighted by Gasteiger charge is -2.37. The highest BCUT2D eigenvalue weighted by molar-refractivity contribution is 7.99. The van der Waals surface area contributed by atoms with Gasteiger partial charge in [-0.05, 0) is 54.8 Å².